The van der Waals surface area contributed by atoms with Crippen LogP contribution >= 0.6 is 11.6 Å². The van der Waals surface area contributed by atoms with Gasteiger partial charge in [0.05, 0.1) is 22.9 Å². The third-order valence-corrected chi connectivity index (χ3v) is 6.78. The summed E-state index contributed by atoms with van der Waals surface area (Å²) in [5.41, 5.74) is 1.35. The van der Waals surface area contributed by atoms with Gasteiger partial charge in [-0.2, -0.15) is 5.10 Å². The van der Waals surface area contributed by atoms with Gasteiger partial charge in [-0.15, -0.1) is 0 Å². The van der Waals surface area contributed by atoms with Crippen molar-refractivity contribution in [2.24, 2.45) is 5.92 Å². The zero-order valence-corrected chi connectivity index (χ0v) is 21.8. The molecule has 6 nitrogen and oxygen atoms in total. The van der Waals surface area contributed by atoms with Crippen molar-refractivity contribution < 1.29 is 9.59 Å². The van der Waals surface area contributed by atoms with Gasteiger partial charge in [-0.25, -0.2) is 4.68 Å². The third-order valence-electron chi connectivity index (χ3n) is 6.46. The van der Waals surface area contributed by atoms with Crippen molar-refractivity contribution in [3.8, 4) is 5.69 Å². The summed E-state index contributed by atoms with van der Waals surface area (Å²) in [6.07, 6.45) is 8.28. The first kappa shape index (κ1) is 26.3. The number of hydrogen-bond acceptors (Lipinski definition) is 3. The number of unbranched alkanes of at least 4 members (excludes halogenated alkanes) is 2. The second kappa shape index (κ2) is 11.9. The molecule has 1 saturated carbocycles. The number of benzene rings is 1. The predicted molar refractivity (Wildman–Crippen MR) is 139 cm³/mol. The lowest BCUT2D eigenvalue weighted by Gasteiger charge is -2.29. The molecule has 0 radical (unpaired) electrons. The van der Waals surface area contributed by atoms with Crippen LogP contribution in [0.2, 0.25) is 5.02 Å². The molecule has 1 aromatic carbocycles. The van der Waals surface area contributed by atoms with E-state index >= 15 is 0 Å². The van der Waals surface area contributed by atoms with Crippen LogP contribution in [0.25, 0.3) is 5.69 Å². The third kappa shape index (κ3) is 6.84. The zero-order chi connectivity index (χ0) is 24.7. The van der Waals surface area contributed by atoms with Gasteiger partial charge in [0, 0.05) is 23.9 Å². The van der Waals surface area contributed by atoms with E-state index in [9.17, 15) is 9.59 Å². The fourth-order valence-corrected chi connectivity index (χ4v) is 4.64. The average Bonchev–Trinajstić information content (AvgIpc) is 3.23. The average molecular weight is 487 g/mol. The fraction of sp³-hybridized carbons (Fsp3) is 0.593. The number of halogens is 1. The van der Waals surface area contributed by atoms with Crippen LogP contribution in [0.3, 0.4) is 0 Å². The SMILES string of the molecule is CCCCCN(CC(=O)Nc1cc(C(C)(C)C)nn1-c1ccccc1Cl)C(=O)C1CCCCC1. The van der Waals surface area contributed by atoms with Crippen LogP contribution in [0.5, 0.6) is 0 Å². The van der Waals surface area contributed by atoms with E-state index in [1.807, 2.05) is 24.3 Å². The summed E-state index contributed by atoms with van der Waals surface area (Å²) in [6.45, 7) is 9.05. The molecule has 1 aromatic heterocycles. The lowest BCUT2D eigenvalue weighted by Crippen LogP contribution is -2.42. The molecule has 1 aliphatic carbocycles. The first-order chi connectivity index (χ1) is 16.2. The molecule has 2 amide bonds. The lowest BCUT2D eigenvalue weighted by atomic mass is 9.88. The molecular weight excluding hydrogens is 448 g/mol. The molecule has 0 saturated heterocycles. The first-order valence-corrected chi connectivity index (χ1v) is 13.0. The molecule has 0 aliphatic heterocycles. The van der Waals surface area contributed by atoms with Crippen molar-refractivity contribution >= 4 is 29.2 Å². The molecule has 0 spiro atoms. The van der Waals surface area contributed by atoms with E-state index in [1.54, 1.807) is 15.6 Å². The van der Waals surface area contributed by atoms with Crippen LogP contribution in [0.1, 0.15) is 84.8 Å². The highest BCUT2D eigenvalue weighted by molar-refractivity contribution is 6.32. The maximum absolute atomic E-state index is 13.3. The number of aromatic nitrogens is 2. The van der Waals surface area contributed by atoms with Crippen LogP contribution in [-0.2, 0) is 15.0 Å². The molecule has 2 aromatic rings. The quantitative estimate of drug-likeness (QED) is 0.419. The Morgan fingerprint density at radius 3 is 2.50 bits per heavy atom. The van der Waals surface area contributed by atoms with Crippen LogP contribution in [0.15, 0.2) is 30.3 Å². The molecule has 186 valence electrons. The number of hydrogen-bond donors (Lipinski definition) is 1. The minimum atomic E-state index is -0.214. The van der Waals surface area contributed by atoms with Gasteiger partial charge < -0.3 is 10.2 Å². The van der Waals surface area contributed by atoms with E-state index in [0.29, 0.717) is 23.1 Å². The highest BCUT2D eigenvalue weighted by Crippen LogP contribution is 2.29. The van der Waals surface area contributed by atoms with Gasteiger partial charge in [0.15, 0.2) is 0 Å². The van der Waals surface area contributed by atoms with E-state index in [2.05, 4.69) is 33.0 Å². The highest BCUT2D eigenvalue weighted by Gasteiger charge is 2.28. The van der Waals surface area contributed by atoms with Gasteiger partial charge >= 0.3 is 0 Å². The summed E-state index contributed by atoms with van der Waals surface area (Å²) < 4.78 is 1.69. The number of nitrogens with one attached hydrogen (secondary N) is 1. The summed E-state index contributed by atoms with van der Waals surface area (Å²) in [4.78, 5) is 28.2. The van der Waals surface area contributed by atoms with Crippen molar-refractivity contribution in [1.82, 2.24) is 14.7 Å². The second-order valence-electron chi connectivity index (χ2n) is 10.4. The van der Waals surface area contributed by atoms with Gasteiger partial charge in [-0.3, -0.25) is 9.59 Å². The largest absolute Gasteiger partial charge is 0.333 e. The smallest absolute Gasteiger partial charge is 0.245 e. The van der Waals surface area contributed by atoms with Crippen LogP contribution in [0.4, 0.5) is 5.82 Å². The maximum atomic E-state index is 13.3. The van der Waals surface area contributed by atoms with E-state index in [-0.39, 0.29) is 29.7 Å². The molecule has 0 bridgehead atoms. The Hall–Kier alpha value is -2.34. The van der Waals surface area contributed by atoms with E-state index in [1.165, 1.54) is 6.42 Å². The minimum absolute atomic E-state index is 0.0457. The van der Waals surface area contributed by atoms with E-state index < -0.39 is 0 Å². The molecule has 3 rings (SSSR count). The number of carbonyl (C=O) groups excluding carboxylic acids is 2. The molecule has 34 heavy (non-hydrogen) atoms. The van der Waals surface area contributed by atoms with Gasteiger partial charge in [-0.1, -0.05) is 83.5 Å². The number of anilines is 1. The summed E-state index contributed by atoms with van der Waals surface area (Å²) in [5, 5.41) is 8.32. The normalized spacial score (nSPS) is 14.7. The number of rotatable bonds is 9. The number of carbonyl (C=O) groups is 2. The lowest BCUT2D eigenvalue weighted by molar-refractivity contribution is -0.139. The van der Waals surface area contributed by atoms with Gasteiger partial charge in [0.2, 0.25) is 11.8 Å². The van der Waals surface area contributed by atoms with Gasteiger partial charge in [-0.05, 0) is 31.4 Å². The van der Waals surface area contributed by atoms with Crippen LogP contribution < -0.4 is 5.32 Å². The topological polar surface area (TPSA) is 67.2 Å². The van der Waals surface area contributed by atoms with Crippen molar-refractivity contribution in [3.63, 3.8) is 0 Å². The van der Waals surface area contributed by atoms with Gasteiger partial charge in [0.1, 0.15) is 5.82 Å². The maximum Gasteiger partial charge on any atom is 0.245 e. The van der Waals surface area contributed by atoms with E-state index in [0.717, 1.165) is 50.6 Å². The second-order valence-corrected chi connectivity index (χ2v) is 10.8. The van der Waals surface area contributed by atoms with E-state index in [4.69, 9.17) is 16.7 Å². The standard InChI is InChI=1S/C27H39ClN4O2/c1-5-6-12-17-31(26(34)20-13-8-7-9-14-20)19-25(33)29-24-18-23(27(2,3)4)30-32(24)22-16-11-10-15-21(22)28/h10-11,15-16,18,20H,5-9,12-14,17,19H2,1-4H3,(H,29,33). The molecule has 1 aliphatic rings. The Morgan fingerprint density at radius 1 is 1.15 bits per heavy atom. The van der Waals surface area contributed by atoms with Crippen molar-refractivity contribution in [2.45, 2.75) is 84.5 Å². The van der Waals surface area contributed by atoms with Crippen molar-refractivity contribution in [2.75, 3.05) is 18.4 Å². The molecule has 1 heterocycles. The zero-order valence-electron chi connectivity index (χ0n) is 21.1. The molecular formula is C27H39ClN4O2. The summed E-state index contributed by atoms with van der Waals surface area (Å²) >= 11 is 6.45. The highest BCUT2D eigenvalue weighted by atomic mass is 35.5. The molecule has 1 N–H and O–H groups in total. The number of nitrogens with zero attached hydrogens (tertiary/aromatic N) is 3. The summed E-state index contributed by atoms with van der Waals surface area (Å²) in [6, 6.07) is 9.33. The Kier molecular flexibility index (Phi) is 9.17. The number of para-hydroxylation sites is 1. The van der Waals surface area contributed by atoms with Crippen molar-refractivity contribution in [1.29, 1.82) is 0 Å². The predicted octanol–water partition coefficient (Wildman–Crippen LogP) is 6.36. The molecule has 1 fully saturated rings. The Balaban J connectivity index is 1.81. The molecule has 0 unspecified atom stereocenters. The fourth-order valence-electron chi connectivity index (χ4n) is 4.43. The van der Waals surface area contributed by atoms with Crippen LogP contribution in [0, 0.1) is 5.92 Å². The van der Waals surface area contributed by atoms with Crippen LogP contribution in [-0.4, -0.2) is 39.6 Å². The Bertz CT molecular complexity index is 973. The number of amides is 2. The molecule has 7 heteroatoms. The first-order valence-electron chi connectivity index (χ1n) is 12.6. The van der Waals surface area contributed by atoms with Crippen molar-refractivity contribution in [3.05, 3.63) is 41.0 Å². The Morgan fingerprint density at radius 2 is 1.85 bits per heavy atom. The monoisotopic (exact) mass is 486 g/mol. The minimum Gasteiger partial charge on any atom is -0.333 e. The summed E-state index contributed by atoms with van der Waals surface area (Å²) in [7, 11) is 0. The Labute approximate surface area is 209 Å². The van der Waals surface area contributed by atoms with Gasteiger partial charge in [0.25, 0.3) is 0 Å². The summed E-state index contributed by atoms with van der Waals surface area (Å²) in [5.74, 6) is 0.515. The molecule has 0 atom stereocenters.